The number of aromatic carboxylic acids is 1. The van der Waals surface area contributed by atoms with Crippen LogP contribution in [0.25, 0.3) is 0 Å². The minimum atomic E-state index is -4.64. The van der Waals surface area contributed by atoms with Crippen LogP contribution in [0, 0.1) is 0 Å². The Morgan fingerprint density at radius 2 is 1.76 bits per heavy atom. The van der Waals surface area contributed by atoms with Gasteiger partial charge in [-0.05, 0) is 11.6 Å². The molecule has 0 aliphatic rings. The van der Waals surface area contributed by atoms with Crippen molar-refractivity contribution in [3.05, 3.63) is 17.7 Å². The first kappa shape index (κ1) is 19.5. The number of benzene rings is 1. The molecule has 0 saturated carbocycles. The van der Waals surface area contributed by atoms with Crippen LogP contribution in [0.15, 0.2) is 17.0 Å². The van der Waals surface area contributed by atoms with Crippen molar-refractivity contribution < 1.29 is 87.1 Å². The van der Waals surface area contributed by atoms with Crippen molar-refractivity contribution in [2.24, 2.45) is 0 Å². The smallest absolute Gasteiger partial charge is 0.871 e. The van der Waals surface area contributed by atoms with Gasteiger partial charge in [-0.15, -0.1) is 0 Å². The van der Waals surface area contributed by atoms with Gasteiger partial charge in [0.1, 0.15) is 4.90 Å². The molecule has 17 heavy (non-hydrogen) atoms. The van der Waals surface area contributed by atoms with E-state index in [0.29, 0.717) is 6.07 Å². The number of carboxylic acid groups (broad SMARTS) is 1. The maximum Gasteiger partial charge on any atom is 1.00 e. The third-order valence-electron chi connectivity index (χ3n) is 1.65. The van der Waals surface area contributed by atoms with E-state index in [2.05, 4.69) is 0 Å². The van der Waals surface area contributed by atoms with Gasteiger partial charge in [-0.25, -0.2) is 0 Å². The van der Waals surface area contributed by atoms with Gasteiger partial charge in [-0.3, -0.25) is 4.55 Å². The van der Waals surface area contributed by atoms with Gasteiger partial charge < -0.3 is 20.7 Å². The van der Waals surface area contributed by atoms with E-state index in [0.717, 1.165) is 6.07 Å². The molecule has 0 heterocycles. The number of carbonyl (C=O) groups excluding carboxylic acids is 1. The third kappa shape index (κ3) is 4.42. The molecule has 0 aromatic heterocycles. The van der Waals surface area contributed by atoms with E-state index in [4.69, 9.17) is 10.3 Å². The minimum Gasteiger partial charge on any atom is -0.871 e. The Bertz CT molecular complexity index is 529. The Hall–Kier alpha value is 0.200. The first-order chi connectivity index (χ1) is 6.75. The Kier molecular flexibility index (Phi) is 7.99. The van der Waals surface area contributed by atoms with Crippen LogP contribution in [-0.4, -0.2) is 18.9 Å². The second kappa shape index (κ2) is 6.95. The second-order valence-corrected chi connectivity index (χ2v) is 4.01. The average Bonchev–Trinajstić information content (AvgIpc) is 2.06. The van der Waals surface area contributed by atoms with Gasteiger partial charge in [0, 0.05) is 5.69 Å². The zero-order valence-corrected chi connectivity index (χ0v) is 13.9. The molecule has 0 aliphatic heterocycles. The molecule has 0 bridgehead atoms. The molecule has 0 saturated heterocycles. The summed E-state index contributed by atoms with van der Waals surface area (Å²) < 4.78 is 29.9. The van der Waals surface area contributed by atoms with Crippen LogP contribution >= 0.6 is 0 Å². The quantitative estimate of drug-likeness (QED) is 0.310. The molecule has 10 heteroatoms. The molecule has 0 unspecified atom stereocenters. The van der Waals surface area contributed by atoms with E-state index in [1.54, 1.807) is 0 Å². The normalized spacial score (nSPS) is 9.94. The molecule has 7 nitrogen and oxygen atoms in total. The number of nitrogen functional groups attached to an aromatic ring is 1. The summed E-state index contributed by atoms with van der Waals surface area (Å²) in [7, 11) is -4.64. The average molecular weight is 277 g/mol. The van der Waals surface area contributed by atoms with Crippen LogP contribution in [0.1, 0.15) is 10.4 Å². The number of hydrogen-bond donors (Lipinski definition) is 2. The van der Waals surface area contributed by atoms with E-state index in [-0.39, 0.29) is 59.1 Å². The van der Waals surface area contributed by atoms with Crippen LogP contribution in [0.2, 0.25) is 0 Å². The maximum absolute atomic E-state index is 11.2. The number of carboxylic acids is 1. The van der Waals surface area contributed by atoms with Crippen LogP contribution in [0.4, 0.5) is 5.69 Å². The Morgan fingerprint density at radius 3 is 2.12 bits per heavy atom. The van der Waals surface area contributed by atoms with E-state index < -0.39 is 38.0 Å². The van der Waals surface area contributed by atoms with Crippen molar-refractivity contribution in [3.8, 4) is 5.75 Å². The number of hydrogen-bond acceptors (Lipinski definition) is 6. The molecular formula is C7H5NNa2O6S. The van der Waals surface area contributed by atoms with Gasteiger partial charge in [0.05, 0.1) is 5.97 Å². The molecule has 0 spiro atoms. The zero-order chi connectivity index (χ0) is 11.8. The molecular weight excluding hydrogens is 272 g/mol. The largest absolute Gasteiger partial charge is 1.00 e. The molecule has 1 rings (SSSR count). The zero-order valence-electron chi connectivity index (χ0n) is 9.13. The third-order valence-corrected chi connectivity index (χ3v) is 2.57. The molecule has 0 radical (unpaired) electrons. The first-order valence-electron chi connectivity index (χ1n) is 3.53. The summed E-state index contributed by atoms with van der Waals surface area (Å²) >= 11 is 0. The first-order valence-corrected chi connectivity index (χ1v) is 4.97. The van der Waals surface area contributed by atoms with E-state index in [9.17, 15) is 23.4 Å². The summed E-state index contributed by atoms with van der Waals surface area (Å²) in [4.78, 5) is 9.53. The van der Waals surface area contributed by atoms with Gasteiger partial charge in [0.2, 0.25) is 0 Å². The van der Waals surface area contributed by atoms with Gasteiger partial charge in [0.15, 0.2) is 0 Å². The predicted molar refractivity (Wildman–Crippen MR) is 44.4 cm³/mol. The molecule has 1 aromatic carbocycles. The topological polar surface area (TPSA) is 144 Å². The fourth-order valence-electron chi connectivity index (χ4n) is 0.967. The van der Waals surface area contributed by atoms with Crippen molar-refractivity contribution in [2.75, 3.05) is 5.73 Å². The van der Waals surface area contributed by atoms with E-state index in [1.165, 1.54) is 0 Å². The van der Waals surface area contributed by atoms with Gasteiger partial charge in [0.25, 0.3) is 10.1 Å². The number of carbonyl (C=O) groups is 1. The molecule has 0 aliphatic carbocycles. The SMILES string of the molecule is Nc1c(S(=O)(=O)O)ccc(C(=O)[O-])c1[O-].[Na+].[Na+]. The van der Waals surface area contributed by atoms with Gasteiger partial charge in [-0.2, -0.15) is 8.42 Å². The second-order valence-electron chi connectivity index (χ2n) is 2.62. The summed E-state index contributed by atoms with van der Waals surface area (Å²) in [6.45, 7) is 0. The van der Waals surface area contributed by atoms with Crippen molar-refractivity contribution >= 4 is 21.8 Å². The molecule has 82 valence electrons. The molecule has 0 amide bonds. The van der Waals surface area contributed by atoms with Crippen LogP contribution in [0.3, 0.4) is 0 Å². The fraction of sp³-hybridized carbons (Fsp3) is 0. The molecule has 3 N–H and O–H groups in total. The van der Waals surface area contributed by atoms with Crippen molar-refractivity contribution in [2.45, 2.75) is 4.90 Å². The molecule has 0 fully saturated rings. The minimum absolute atomic E-state index is 0. The summed E-state index contributed by atoms with van der Waals surface area (Å²) in [5.74, 6) is -2.97. The summed E-state index contributed by atoms with van der Waals surface area (Å²) in [6.07, 6.45) is 0. The Labute approximate surface area is 141 Å². The molecule has 1 aromatic rings. The maximum atomic E-state index is 11.2. The molecule has 0 atom stereocenters. The van der Waals surface area contributed by atoms with Crippen LogP contribution < -0.4 is 75.1 Å². The number of anilines is 1. The fourth-order valence-corrected chi connectivity index (χ4v) is 1.58. The standard InChI is InChI=1S/C7H7NO6S.2Na/c8-5-4(15(12,13)14)2-1-3(6(5)9)7(10)11;;/h1-2,9H,8H2,(H,10,11)(H,12,13,14);;/q;2*+1/p-2. The monoisotopic (exact) mass is 277 g/mol. The van der Waals surface area contributed by atoms with Crippen LogP contribution in [-0.2, 0) is 10.1 Å². The van der Waals surface area contributed by atoms with Gasteiger partial charge >= 0.3 is 59.1 Å². The van der Waals surface area contributed by atoms with Gasteiger partial charge in [-0.1, -0.05) is 11.8 Å². The van der Waals surface area contributed by atoms with Crippen molar-refractivity contribution in [1.82, 2.24) is 0 Å². The van der Waals surface area contributed by atoms with E-state index in [1.807, 2.05) is 0 Å². The number of nitrogens with two attached hydrogens (primary N) is 1. The van der Waals surface area contributed by atoms with E-state index >= 15 is 0 Å². The number of rotatable bonds is 2. The van der Waals surface area contributed by atoms with Crippen LogP contribution in [0.5, 0.6) is 5.75 Å². The summed E-state index contributed by atoms with van der Waals surface area (Å²) in [5.41, 5.74) is 3.45. The van der Waals surface area contributed by atoms with Crippen molar-refractivity contribution in [1.29, 1.82) is 0 Å². The predicted octanol–water partition coefficient (Wildman–Crippen LogP) is -8.04. The summed E-state index contributed by atoms with van der Waals surface area (Å²) in [5, 5.41) is 21.5. The Morgan fingerprint density at radius 1 is 1.29 bits per heavy atom. The Balaban J connectivity index is 0. The van der Waals surface area contributed by atoms with Crippen molar-refractivity contribution in [3.63, 3.8) is 0 Å². The summed E-state index contributed by atoms with van der Waals surface area (Å²) in [6, 6.07) is 1.42.